The Morgan fingerprint density at radius 3 is 2.00 bits per heavy atom. The van der Waals surface area contributed by atoms with Crippen LogP contribution in [0.4, 0.5) is 13.2 Å². The van der Waals surface area contributed by atoms with Crippen molar-refractivity contribution in [2.75, 3.05) is 13.2 Å². The third-order valence-electron chi connectivity index (χ3n) is 6.55. The molecule has 0 atom stereocenters. The fraction of sp³-hybridized carbons (Fsp3) is 0.520. The Kier molecular flexibility index (Phi) is 6.79. The van der Waals surface area contributed by atoms with Crippen LogP contribution in [0.1, 0.15) is 56.9 Å². The highest BCUT2D eigenvalue weighted by Crippen LogP contribution is 2.39. The van der Waals surface area contributed by atoms with Gasteiger partial charge in [-0.15, -0.1) is 0 Å². The highest BCUT2D eigenvalue weighted by atomic mass is 19.2. The fourth-order valence-electron chi connectivity index (χ4n) is 4.80. The second-order valence-electron chi connectivity index (χ2n) is 8.68. The average Bonchev–Trinajstić information content (AvgIpc) is 2.78. The van der Waals surface area contributed by atoms with Gasteiger partial charge in [-0.1, -0.05) is 37.6 Å². The summed E-state index contributed by atoms with van der Waals surface area (Å²) in [5.41, 5.74) is 2.25. The summed E-state index contributed by atoms with van der Waals surface area (Å²) in [5.74, 6) is -2.31. The van der Waals surface area contributed by atoms with Crippen molar-refractivity contribution in [2.45, 2.75) is 57.7 Å². The van der Waals surface area contributed by atoms with Crippen molar-refractivity contribution in [1.29, 1.82) is 0 Å². The topological polar surface area (TPSA) is 18.5 Å². The normalized spacial score (nSPS) is 27.2. The van der Waals surface area contributed by atoms with Crippen LogP contribution in [-0.4, -0.2) is 19.5 Å². The van der Waals surface area contributed by atoms with E-state index in [4.69, 9.17) is 9.47 Å². The molecule has 1 aliphatic carbocycles. The molecule has 0 bridgehead atoms. The van der Waals surface area contributed by atoms with E-state index in [-0.39, 0.29) is 6.29 Å². The lowest BCUT2D eigenvalue weighted by Crippen LogP contribution is -2.38. The number of hydrogen-bond donors (Lipinski definition) is 0. The molecule has 4 rings (SSSR count). The maximum absolute atomic E-state index is 13.5. The first-order chi connectivity index (χ1) is 14.5. The van der Waals surface area contributed by atoms with Crippen molar-refractivity contribution in [2.24, 2.45) is 11.8 Å². The molecule has 1 aliphatic heterocycles. The molecule has 2 aliphatic rings. The van der Waals surface area contributed by atoms with Crippen LogP contribution < -0.4 is 0 Å². The molecule has 2 fully saturated rings. The van der Waals surface area contributed by atoms with E-state index in [9.17, 15) is 13.2 Å². The monoisotopic (exact) mass is 418 g/mol. The van der Waals surface area contributed by atoms with E-state index in [2.05, 4.69) is 6.92 Å². The van der Waals surface area contributed by atoms with Crippen LogP contribution >= 0.6 is 0 Å². The molecular weight excluding hydrogens is 389 g/mol. The van der Waals surface area contributed by atoms with E-state index in [1.165, 1.54) is 5.56 Å². The van der Waals surface area contributed by atoms with Gasteiger partial charge < -0.3 is 9.47 Å². The summed E-state index contributed by atoms with van der Waals surface area (Å²) < 4.78 is 52.2. The Bertz CT molecular complexity index is 813. The van der Waals surface area contributed by atoms with Gasteiger partial charge in [0.05, 0.1) is 13.2 Å². The highest BCUT2D eigenvalue weighted by Gasteiger charge is 2.32. The molecule has 2 aromatic rings. The van der Waals surface area contributed by atoms with E-state index in [0.29, 0.717) is 28.9 Å². The third kappa shape index (κ3) is 4.73. The minimum Gasteiger partial charge on any atom is -0.352 e. The molecule has 162 valence electrons. The summed E-state index contributed by atoms with van der Waals surface area (Å²) in [6.45, 7) is 3.81. The highest BCUT2D eigenvalue weighted by molar-refractivity contribution is 5.64. The van der Waals surface area contributed by atoms with Crippen LogP contribution in [0, 0.1) is 29.3 Å². The third-order valence-corrected chi connectivity index (χ3v) is 6.55. The Morgan fingerprint density at radius 2 is 1.43 bits per heavy atom. The van der Waals surface area contributed by atoms with E-state index >= 15 is 0 Å². The van der Waals surface area contributed by atoms with Gasteiger partial charge in [-0.3, -0.25) is 0 Å². The lowest BCUT2D eigenvalue weighted by molar-refractivity contribution is -0.229. The zero-order valence-corrected chi connectivity index (χ0v) is 17.4. The first-order valence-electron chi connectivity index (χ1n) is 11.0. The quantitative estimate of drug-likeness (QED) is 0.495. The fourth-order valence-corrected chi connectivity index (χ4v) is 4.80. The van der Waals surface area contributed by atoms with Crippen LogP contribution in [-0.2, 0) is 9.47 Å². The number of halogens is 3. The first kappa shape index (κ1) is 21.4. The lowest BCUT2D eigenvalue weighted by atomic mass is 9.78. The smallest absolute Gasteiger partial charge is 0.194 e. The summed E-state index contributed by atoms with van der Waals surface area (Å²) in [7, 11) is 0. The maximum atomic E-state index is 13.5. The zero-order chi connectivity index (χ0) is 21.1. The Balaban J connectivity index is 1.33. The molecule has 2 nitrogen and oxygen atoms in total. The van der Waals surface area contributed by atoms with Crippen LogP contribution in [0.25, 0.3) is 11.1 Å². The first-order valence-corrected chi connectivity index (χ1v) is 11.0. The van der Waals surface area contributed by atoms with Crippen molar-refractivity contribution in [1.82, 2.24) is 0 Å². The molecular formula is C25H29F3O2. The Hall–Kier alpha value is -1.85. The van der Waals surface area contributed by atoms with E-state index in [1.807, 2.05) is 24.3 Å². The van der Waals surface area contributed by atoms with Crippen LogP contribution in [0.5, 0.6) is 0 Å². The number of ether oxygens (including phenoxy) is 2. The lowest BCUT2D eigenvalue weighted by Gasteiger charge is -2.37. The molecule has 2 aromatic carbocycles. The van der Waals surface area contributed by atoms with Gasteiger partial charge >= 0.3 is 0 Å². The SMILES string of the molecule is CCCC1COC(C2CCC(c3ccc(-c4cc(F)c(F)c(F)c4)cc3)CC2)OC1. The molecule has 0 amide bonds. The van der Waals surface area contributed by atoms with Crippen molar-refractivity contribution >= 4 is 0 Å². The Morgan fingerprint density at radius 1 is 0.833 bits per heavy atom. The molecule has 5 heteroatoms. The average molecular weight is 418 g/mol. The number of rotatable bonds is 5. The molecule has 0 spiro atoms. The van der Waals surface area contributed by atoms with Crippen LogP contribution in [0.2, 0.25) is 0 Å². The van der Waals surface area contributed by atoms with Crippen molar-refractivity contribution in [3.8, 4) is 11.1 Å². The van der Waals surface area contributed by atoms with Crippen molar-refractivity contribution in [3.63, 3.8) is 0 Å². The van der Waals surface area contributed by atoms with Crippen molar-refractivity contribution < 1.29 is 22.6 Å². The summed E-state index contributed by atoms with van der Waals surface area (Å²) in [5, 5.41) is 0. The molecule has 1 saturated carbocycles. The minimum absolute atomic E-state index is 0.0651. The van der Waals surface area contributed by atoms with Gasteiger partial charge in [0.25, 0.3) is 0 Å². The van der Waals surface area contributed by atoms with Gasteiger partial charge in [-0.2, -0.15) is 0 Å². The summed E-state index contributed by atoms with van der Waals surface area (Å²) >= 11 is 0. The van der Waals surface area contributed by atoms with Gasteiger partial charge in [0.2, 0.25) is 0 Å². The van der Waals surface area contributed by atoms with E-state index in [0.717, 1.165) is 63.9 Å². The molecule has 0 aromatic heterocycles. The number of benzene rings is 2. The number of hydrogen-bond acceptors (Lipinski definition) is 2. The molecule has 0 N–H and O–H groups in total. The van der Waals surface area contributed by atoms with E-state index in [1.54, 1.807) is 0 Å². The summed E-state index contributed by atoms with van der Waals surface area (Å²) in [6.07, 6.45) is 6.55. The van der Waals surface area contributed by atoms with Crippen molar-refractivity contribution in [3.05, 3.63) is 59.4 Å². The maximum Gasteiger partial charge on any atom is 0.194 e. The predicted molar refractivity (Wildman–Crippen MR) is 111 cm³/mol. The predicted octanol–water partition coefficient (Wildman–Crippen LogP) is 6.83. The second-order valence-corrected chi connectivity index (χ2v) is 8.68. The molecule has 1 heterocycles. The molecule has 0 unspecified atom stereocenters. The minimum atomic E-state index is -1.43. The zero-order valence-electron chi connectivity index (χ0n) is 17.4. The Labute approximate surface area is 176 Å². The van der Waals surface area contributed by atoms with Gasteiger partial charge in [0.1, 0.15) is 0 Å². The second kappa shape index (κ2) is 9.52. The standard InChI is InChI=1S/C25H29F3O2/c1-2-3-16-14-29-25(30-15-16)20-10-8-18(9-11-20)17-4-6-19(7-5-17)21-12-22(26)24(28)23(27)13-21/h4-7,12-13,16,18,20,25H,2-3,8-11,14-15H2,1H3. The van der Waals surface area contributed by atoms with Crippen LogP contribution in [0.15, 0.2) is 36.4 Å². The van der Waals surface area contributed by atoms with Gasteiger partial charge in [-0.25, -0.2) is 13.2 Å². The molecule has 1 saturated heterocycles. The van der Waals surface area contributed by atoms with E-state index < -0.39 is 17.5 Å². The largest absolute Gasteiger partial charge is 0.352 e. The summed E-state index contributed by atoms with van der Waals surface area (Å²) in [6, 6.07) is 9.82. The van der Waals surface area contributed by atoms with Crippen LogP contribution in [0.3, 0.4) is 0 Å². The molecule has 30 heavy (non-hydrogen) atoms. The van der Waals surface area contributed by atoms with Gasteiger partial charge in [0.15, 0.2) is 23.7 Å². The van der Waals surface area contributed by atoms with Gasteiger partial charge in [-0.05, 0) is 66.8 Å². The summed E-state index contributed by atoms with van der Waals surface area (Å²) in [4.78, 5) is 0. The molecule has 0 radical (unpaired) electrons. The van der Waals surface area contributed by atoms with Gasteiger partial charge in [0, 0.05) is 11.8 Å².